The van der Waals surface area contributed by atoms with Crippen LogP contribution in [0.5, 0.6) is 0 Å². The summed E-state index contributed by atoms with van der Waals surface area (Å²) in [6, 6.07) is 11.2. The summed E-state index contributed by atoms with van der Waals surface area (Å²) in [5.74, 6) is -1.51. The number of unbranched alkanes of at least 4 members (excludes halogenated alkanes) is 1. The number of nitrogens with one attached hydrogen (secondary N) is 2. The van der Waals surface area contributed by atoms with Gasteiger partial charge >= 0.3 is 10.2 Å². The van der Waals surface area contributed by atoms with Gasteiger partial charge in [0.2, 0.25) is 5.91 Å². The van der Waals surface area contributed by atoms with Crippen LogP contribution >= 0.6 is 0 Å². The number of nitrogens with zero attached hydrogens (tertiary/aromatic N) is 2. The Hall–Kier alpha value is -2.98. The molecule has 0 saturated heterocycles. The third-order valence-corrected chi connectivity index (χ3v) is 6.22. The zero-order valence-corrected chi connectivity index (χ0v) is 18.6. The van der Waals surface area contributed by atoms with E-state index in [1.54, 1.807) is 24.3 Å². The lowest BCUT2D eigenvalue weighted by Crippen LogP contribution is -2.44. The van der Waals surface area contributed by atoms with Crippen LogP contribution in [-0.2, 0) is 15.0 Å². The Kier molecular flexibility index (Phi) is 8.52. The third-order valence-electron chi connectivity index (χ3n) is 4.40. The van der Waals surface area contributed by atoms with Crippen LogP contribution in [0.1, 0.15) is 30.1 Å². The first-order chi connectivity index (χ1) is 14.7. The quantitative estimate of drug-likeness (QED) is 0.544. The lowest BCUT2D eigenvalue weighted by Gasteiger charge is -2.27. The molecule has 0 bridgehead atoms. The summed E-state index contributed by atoms with van der Waals surface area (Å²) >= 11 is 0. The first kappa shape index (κ1) is 24.3. The molecule has 2 aromatic carbocycles. The Morgan fingerprint density at radius 1 is 1.03 bits per heavy atom. The van der Waals surface area contributed by atoms with Crippen molar-refractivity contribution in [3.63, 3.8) is 0 Å². The maximum Gasteiger partial charge on any atom is 0.304 e. The maximum absolute atomic E-state index is 13.3. The van der Waals surface area contributed by atoms with Gasteiger partial charge in [-0.2, -0.15) is 12.7 Å². The molecule has 0 spiro atoms. The molecule has 168 valence electrons. The van der Waals surface area contributed by atoms with E-state index >= 15 is 0 Å². The molecule has 0 heterocycles. The summed E-state index contributed by atoms with van der Waals surface area (Å²) in [5, 5.41) is 5.39. The van der Waals surface area contributed by atoms with Gasteiger partial charge in [-0.05, 0) is 42.8 Å². The summed E-state index contributed by atoms with van der Waals surface area (Å²) in [6.07, 6.45) is 1.76. The van der Waals surface area contributed by atoms with Gasteiger partial charge < -0.3 is 10.6 Å². The van der Waals surface area contributed by atoms with Gasteiger partial charge in [-0.3, -0.25) is 9.59 Å². The molecule has 2 amide bonds. The molecule has 2 N–H and O–H groups in total. The number of hydrogen-bond acceptors (Lipinski definition) is 4. The number of hydrogen-bond donors (Lipinski definition) is 2. The molecular weight excluding hydrogens is 423 g/mol. The predicted octanol–water partition coefficient (Wildman–Crippen LogP) is 2.61. The number of carbonyl (C=O) groups is 2. The number of carbonyl (C=O) groups excluding carboxylic acids is 2. The average molecular weight is 451 g/mol. The molecule has 2 rings (SSSR count). The van der Waals surface area contributed by atoms with Crippen LogP contribution in [0.4, 0.5) is 15.8 Å². The molecule has 0 saturated carbocycles. The summed E-state index contributed by atoms with van der Waals surface area (Å²) in [7, 11) is -1.36. The van der Waals surface area contributed by atoms with Crippen LogP contribution < -0.4 is 14.9 Å². The average Bonchev–Trinajstić information content (AvgIpc) is 2.73. The molecule has 10 heteroatoms. The highest BCUT2D eigenvalue weighted by Crippen LogP contribution is 2.21. The van der Waals surface area contributed by atoms with E-state index in [-0.39, 0.29) is 22.8 Å². The van der Waals surface area contributed by atoms with Crippen molar-refractivity contribution in [1.29, 1.82) is 0 Å². The van der Waals surface area contributed by atoms with E-state index in [4.69, 9.17) is 0 Å². The van der Waals surface area contributed by atoms with Crippen molar-refractivity contribution < 1.29 is 22.4 Å². The second-order valence-electron chi connectivity index (χ2n) is 6.98. The largest absolute Gasteiger partial charge is 0.352 e. The van der Waals surface area contributed by atoms with Crippen LogP contribution in [0.3, 0.4) is 0 Å². The summed E-state index contributed by atoms with van der Waals surface area (Å²) in [4.78, 5) is 25.2. The first-order valence-electron chi connectivity index (χ1n) is 9.79. The minimum absolute atomic E-state index is 0.135. The summed E-state index contributed by atoms with van der Waals surface area (Å²) < 4.78 is 40.6. The van der Waals surface area contributed by atoms with Crippen molar-refractivity contribution in [2.75, 3.05) is 36.8 Å². The Morgan fingerprint density at radius 2 is 1.68 bits per heavy atom. The first-order valence-corrected chi connectivity index (χ1v) is 11.2. The monoisotopic (exact) mass is 450 g/mol. The SMILES string of the molecule is CCCCNC(=O)c1ccccc1NC(=O)CN(c1ccc(F)cc1)S(=O)(=O)N(C)C. The van der Waals surface area contributed by atoms with Crippen molar-refractivity contribution in [2.45, 2.75) is 19.8 Å². The van der Waals surface area contributed by atoms with Crippen molar-refractivity contribution in [1.82, 2.24) is 9.62 Å². The van der Waals surface area contributed by atoms with Crippen molar-refractivity contribution >= 4 is 33.4 Å². The zero-order valence-electron chi connectivity index (χ0n) is 17.8. The van der Waals surface area contributed by atoms with Gasteiger partial charge in [-0.1, -0.05) is 25.5 Å². The maximum atomic E-state index is 13.3. The highest BCUT2D eigenvalue weighted by molar-refractivity contribution is 7.90. The van der Waals surface area contributed by atoms with Gasteiger partial charge in [0, 0.05) is 20.6 Å². The van der Waals surface area contributed by atoms with E-state index in [0.29, 0.717) is 6.54 Å². The Bertz CT molecular complexity index is 1010. The van der Waals surface area contributed by atoms with Gasteiger partial charge in [0.25, 0.3) is 5.91 Å². The fourth-order valence-corrected chi connectivity index (χ4v) is 3.76. The van der Waals surface area contributed by atoms with E-state index < -0.39 is 28.5 Å². The van der Waals surface area contributed by atoms with Gasteiger partial charge in [-0.15, -0.1) is 0 Å². The predicted molar refractivity (Wildman–Crippen MR) is 119 cm³/mol. The minimum Gasteiger partial charge on any atom is -0.352 e. The number of para-hydroxylation sites is 1. The number of anilines is 2. The standard InChI is InChI=1S/C21H27FN4O4S/c1-4-5-14-23-21(28)18-8-6-7-9-19(18)24-20(27)15-26(31(29,30)25(2)3)17-12-10-16(22)11-13-17/h6-13H,4-5,14-15H2,1-3H3,(H,23,28)(H,24,27). The molecule has 0 radical (unpaired) electrons. The fourth-order valence-electron chi connectivity index (χ4n) is 2.69. The van der Waals surface area contributed by atoms with Crippen molar-refractivity contribution in [2.24, 2.45) is 0 Å². The molecule has 0 aliphatic carbocycles. The smallest absolute Gasteiger partial charge is 0.304 e. The van der Waals surface area contributed by atoms with E-state index in [1.165, 1.54) is 26.2 Å². The third kappa shape index (κ3) is 6.50. The lowest BCUT2D eigenvalue weighted by molar-refractivity contribution is -0.114. The van der Waals surface area contributed by atoms with Crippen LogP contribution in [0.2, 0.25) is 0 Å². The number of amides is 2. The topological polar surface area (TPSA) is 98.8 Å². The Balaban J connectivity index is 2.24. The molecule has 31 heavy (non-hydrogen) atoms. The number of rotatable bonds is 10. The summed E-state index contributed by atoms with van der Waals surface area (Å²) in [5.41, 5.74) is 0.675. The molecule has 2 aromatic rings. The highest BCUT2D eigenvalue weighted by atomic mass is 32.2. The molecule has 8 nitrogen and oxygen atoms in total. The molecule has 0 fully saturated rings. The molecule has 0 atom stereocenters. The van der Waals surface area contributed by atoms with E-state index in [0.717, 1.165) is 33.6 Å². The van der Waals surface area contributed by atoms with E-state index in [9.17, 15) is 22.4 Å². The van der Waals surface area contributed by atoms with Gasteiger partial charge in [0.05, 0.1) is 16.9 Å². The molecule has 0 aromatic heterocycles. The van der Waals surface area contributed by atoms with E-state index in [2.05, 4.69) is 10.6 Å². The van der Waals surface area contributed by atoms with Crippen LogP contribution in [0, 0.1) is 5.82 Å². The lowest BCUT2D eigenvalue weighted by atomic mass is 10.1. The van der Waals surface area contributed by atoms with Crippen LogP contribution in [0.25, 0.3) is 0 Å². The molecule has 0 aliphatic rings. The highest BCUT2D eigenvalue weighted by Gasteiger charge is 2.27. The Labute approximate surface area is 182 Å². The number of benzene rings is 2. The fraction of sp³-hybridized carbons (Fsp3) is 0.333. The van der Waals surface area contributed by atoms with Crippen LogP contribution in [-0.4, -0.2) is 51.7 Å². The molecule has 0 aliphatic heterocycles. The van der Waals surface area contributed by atoms with Gasteiger partial charge in [0.1, 0.15) is 12.4 Å². The second kappa shape index (κ2) is 10.9. The van der Waals surface area contributed by atoms with E-state index in [1.807, 2.05) is 6.92 Å². The summed E-state index contributed by atoms with van der Waals surface area (Å²) in [6.45, 7) is 1.96. The minimum atomic E-state index is -4.03. The number of halogens is 1. The molecule has 0 unspecified atom stereocenters. The molecular formula is C21H27FN4O4S. The van der Waals surface area contributed by atoms with Crippen molar-refractivity contribution in [3.05, 3.63) is 59.9 Å². The zero-order chi connectivity index (χ0) is 23.0. The van der Waals surface area contributed by atoms with Crippen LogP contribution in [0.15, 0.2) is 48.5 Å². The Morgan fingerprint density at radius 3 is 2.29 bits per heavy atom. The van der Waals surface area contributed by atoms with Crippen molar-refractivity contribution in [3.8, 4) is 0 Å². The van der Waals surface area contributed by atoms with Gasteiger partial charge in [0.15, 0.2) is 0 Å². The van der Waals surface area contributed by atoms with Gasteiger partial charge in [-0.25, -0.2) is 8.70 Å². The second-order valence-corrected chi connectivity index (χ2v) is 9.04. The normalized spacial score (nSPS) is 11.3.